The zero-order chi connectivity index (χ0) is 9.28. The molecule has 0 spiro atoms. The monoisotopic (exact) mass is 162 g/mol. The highest BCUT2D eigenvalue weighted by Crippen LogP contribution is 1.87. The van der Waals surface area contributed by atoms with Crippen molar-refractivity contribution in [3.05, 3.63) is 0 Å². The number of hydrogen-bond acceptors (Lipinski definition) is 3. The van der Waals surface area contributed by atoms with E-state index < -0.39 is 0 Å². The summed E-state index contributed by atoms with van der Waals surface area (Å²) in [7, 11) is 5.79. The van der Waals surface area contributed by atoms with Crippen LogP contribution in [0.2, 0.25) is 0 Å². The molecule has 0 rings (SSSR count). The Morgan fingerprint density at radius 1 is 1.36 bits per heavy atom. The first-order chi connectivity index (χ1) is 5.22. The summed E-state index contributed by atoms with van der Waals surface area (Å²) in [5.41, 5.74) is 0. The Morgan fingerprint density at radius 3 is 1.91 bits per heavy atom. The minimum absolute atomic E-state index is 0.216. The Hall–Kier alpha value is -0.120. The third-order valence-corrected chi connectivity index (χ3v) is 1.38. The van der Waals surface area contributed by atoms with Gasteiger partial charge >= 0.3 is 0 Å². The maximum absolute atomic E-state index is 8.75. The molecule has 0 amide bonds. The van der Waals surface area contributed by atoms with Gasteiger partial charge in [-0.2, -0.15) is 0 Å². The predicted molar refractivity (Wildman–Crippen MR) is 49.8 cm³/mol. The van der Waals surface area contributed by atoms with Gasteiger partial charge < -0.3 is 15.3 Å². The Morgan fingerprint density at radius 2 is 1.82 bits per heavy atom. The van der Waals surface area contributed by atoms with Crippen molar-refractivity contribution in [2.75, 3.05) is 34.3 Å². The van der Waals surface area contributed by atoms with Gasteiger partial charge in [-0.1, -0.05) is 13.8 Å². The van der Waals surface area contributed by atoms with E-state index >= 15 is 0 Å². The fraction of sp³-hybridized carbons (Fsp3) is 1.00. The Labute approximate surface area is 70.4 Å². The highest BCUT2D eigenvalue weighted by Gasteiger charge is 2.06. The number of hydrogen-bond donors (Lipinski definition) is 2. The highest BCUT2D eigenvalue weighted by molar-refractivity contribution is 4.65. The van der Waals surface area contributed by atoms with Crippen LogP contribution in [0.5, 0.6) is 0 Å². The maximum atomic E-state index is 8.75. The SMILES string of the molecule is CC.CNCC(CO)N(C)C. The largest absolute Gasteiger partial charge is 0.395 e. The van der Waals surface area contributed by atoms with Crippen molar-refractivity contribution in [1.82, 2.24) is 10.2 Å². The second kappa shape index (κ2) is 9.88. The molecule has 2 N–H and O–H groups in total. The lowest BCUT2D eigenvalue weighted by Crippen LogP contribution is -2.39. The zero-order valence-electron chi connectivity index (χ0n) is 8.39. The summed E-state index contributed by atoms with van der Waals surface area (Å²) >= 11 is 0. The molecular weight excluding hydrogens is 140 g/mol. The van der Waals surface area contributed by atoms with Crippen LogP contribution in [-0.4, -0.2) is 50.3 Å². The summed E-state index contributed by atoms with van der Waals surface area (Å²) in [5.74, 6) is 0. The molecule has 0 aromatic heterocycles. The molecule has 0 aliphatic rings. The maximum Gasteiger partial charge on any atom is 0.0599 e. The van der Waals surface area contributed by atoms with Crippen molar-refractivity contribution in [2.45, 2.75) is 19.9 Å². The molecule has 0 fully saturated rings. The molecule has 0 aliphatic carbocycles. The minimum atomic E-state index is 0.216. The number of nitrogens with zero attached hydrogens (tertiary/aromatic N) is 1. The smallest absolute Gasteiger partial charge is 0.0599 e. The molecule has 11 heavy (non-hydrogen) atoms. The topological polar surface area (TPSA) is 35.5 Å². The predicted octanol–water partition coefficient (Wildman–Crippen LogP) is 0.155. The third kappa shape index (κ3) is 7.78. The van der Waals surface area contributed by atoms with Crippen LogP contribution in [0.25, 0.3) is 0 Å². The average molecular weight is 162 g/mol. The molecule has 3 nitrogen and oxygen atoms in total. The molecule has 0 heterocycles. The van der Waals surface area contributed by atoms with Crippen LogP contribution in [0.3, 0.4) is 0 Å². The fourth-order valence-electron chi connectivity index (χ4n) is 0.646. The molecule has 1 atom stereocenters. The van der Waals surface area contributed by atoms with Gasteiger partial charge in [-0.3, -0.25) is 0 Å². The van der Waals surface area contributed by atoms with Gasteiger partial charge in [0.1, 0.15) is 0 Å². The molecule has 0 radical (unpaired) electrons. The molecule has 0 aromatic rings. The summed E-state index contributed by atoms with van der Waals surface area (Å²) in [6, 6.07) is 0.245. The number of nitrogens with one attached hydrogen (secondary N) is 1. The second-order valence-electron chi connectivity index (χ2n) is 2.36. The van der Waals surface area contributed by atoms with Crippen LogP contribution in [0, 0.1) is 0 Å². The number of likely N-dealkylation sites (N-methyl/N-ethyl adjacent to an activating group) is 2. The van der Waals surface area contributed by atoms with Gasteiger partial charge in [0.25, 0.3) is 0 Å². The molecule has 0 aromatic carbocycles. The van der Waals surface area contributed by atoms with Gasteiger partial charge in [-0.15, -0.1) is 0 Å². The third-order valence-electron chi connectivity index (χ3n) is 1.38. The summed E-state index contributed by atoms with van der Waals surface area (Å²) in [4.78, 5) is 2.00. The number of aliphatic hydroxyl groups is 1. The molecule has 0 saturated carbocycles. The summed E-state index contributed by atoms with van der Waals surface area (Å²) in [6.45, 7) is 5.05. The van der Waals surface area contributed by atoms with E-state index in [1.165, 1.54) is 0 Å². The summed E-state index contributed by atoms with van der Waals surface area (Å²) < 4.78 is 0. The minimum Gasteiger partial charge on any atom is -0.395 e. The Bertz CT molecular complexity index is 67.1. The average Bonchev–Trinajstić information content (AvgIpc) is 2.03. The van der Waals surface area contributed by atoms with Gasteiger partial charge in [-0.25, -0.2) is 0 Å². The fourth-order valence-corrected chi connectivity index (χ4v) is 0.646. The molecule has 0 saturated heterocycles. The molecule has 3 heteroatoms. The molecule has 1 unspecified atom stereocenters. The van der Waals surface area contributed by atoms with Gasteiger partial charge in [0.2, 0.25) is 0 Å². The van der Waals surface area contributed by atoms with Crippen molar-refractivity contribution >= 4 is 0 Å². The highest BCUT2D eigenvalue weighted by atomic mass is 16.3. The molecule has 0 bridgehead atoms. The first kappa shape index (κ1) is 13.5. The van der Waals surface area contributed by atoms with Crippen LogP contribution in [0.15, 0.2) is 0 Å². The standard InChI is InChI=1S/C6H16N2O.C2H6/c1-7-4-6(5-9)8(2)3;1-2/h6-7,9H,4-5H2,1-3H3;1-2H3. The van der Waals surface area contributed by atoms with E-state index in [0.29, 0.717) is 0 Å². The first-order valence-electron chi connectivity index (χ1n) is 4.14. The quantitative estimate of drug-likeness (QED) is 0.618. The number of aliphatic hydroxyl groups excluding tert-OH is 1. The lowest BCUT2D eigenvalue weighted by molar-refractivity contribution is 0.168. The first-order valence-corrected chi connectivity index (χ1v) is 4.14. The summed E-state index contributed by atoms with van der Waals surface area (Å²) in [5, 5.41) is 11.7. The van der Waals surface area contributed by atoms with Crippen molar-refractivity contribution in [3.63, 3.8) is 0 Å². The van der Waals surface area contributed by atoms with E-state index in [4.69, 9.17) is 5.11 Å². The van der Waals surface area contributed by atoms with Crippen molar-refractivity contribution in [1.29, 1.82) is 0 Å². The van der Waals surface area contributed by atoms with E-state index in [1.54, 1.807) is 0 Å². The lowest BCUT2D eigenvalue weighted by atomic mass is 10.3. The Kier molecular flexibility index (Phi) is 12.1. The van der Waals surface area contributed by atoms with Gasteiger partial charge in [-0.05, 0) is 21.1 Å². The van der Waals surface area contributed by atoms with E-state index in [1.807, 2.05) is 39.9 Å². The van der Waals surface area contributed by atoms with E-state index in [2.05, 4.69) is 5.32 Å². The zero-order valence-corrected chi connectivity index (χ0v) is 8.39. The van der Waals surface area contributed by atoms with Crippen molar-refractivity contribution in [2.24, 2.45) is 0 Å². The van der Waals surface area contributed by atoms with Crippen molar-refractivity contribution < 1.29 is 5.11 Å². The molecular formula is C8H22N2O. The van der Waals surface area contributed by atoms with Crippen LogP contribution >= 0.6 is 0 Å². The molecule has 70 valence electrons. The molecule has 0 aliphatic heterocycles. The lowest BCUT2D eigenvalue weighted by Gasteiger charge is -2.20. The van der Waals surface area contributed by atoms with Gasteiger partial charge in [0, 0.05) is 12.6 Å². The van der Waals surface area contributed by atoms with Gasteiger partial charge in [0.15, 0.2) is 0 Å². The van der Waals surface area contributed by atoms with E-state index in [-0.39, 0.29) is 12.6 Å². The van der Waals surface area contributed by atoms with Gasteiger partial charge in [0.05, 0.1) is 6.61 Å². The van der Waals surface area contributed by atoms with Crippen LogP contribution in [0.4, 0.5) is 0 Å². The van der Waals surface area contributed by atoms with Crippen LogP contribution in [-0.2, 0) is 0 Å². The van der Waals surface area contributed by atoms with Crippen LogP contribution in [0.1, 0.15) is 13.8 Å². The second-order valence-corrected chi connectivity index (χ2v) is 2.36. The number of rotatable bonds is 4. The Balaban J connectivity index is 0. The van der Waals surface area contributed by atoms with E-state index in [9.17, 15) is 0 Å². The van der Waals surface area contributed by atoms with E-state index in [0.717, 1.165) is 6.54 Å². The summed E-state index contributed by atoms with van der Waals surface area (Å²) in [6.07, 6.45) is 0. The van der Waals surface area contributed by atoms with Crippen LogP contribution < -0.4 is 5.32 Å². The van der Waals surface area contributed by atoms with Crippen molar-refractivity contribution in [3.8, 4) is 0 Å². The normalized spacial score (nSPS) is 12.3.